The van der Waals surface area contributed by atoms with Gasteiger partial charge in [-0.2, -0.15) is 0 Å². The molecule has 21 heavy (non-hydrogen) atoms. The number of rotatable bonds is 7. The number of pyridine rings is 1. The van der Waals surface area contributed by atoms with Gasteiger partial charge in [0.25, 0.3) is 0 Å². The predicted octanol–water partition coefficient (Wildman–Crippen LogP) is 4.17. The zero-order chi connectivity index (χ0) is 15.1. The molecule has 0 amide bonds. The highest BCUT2D eigenvalue weighted by molar-refractivity contribution is 9.10. The minimum absolute atomic E-state index is 0.523. The molecule has 0 spiro atoms. The smallest absolute Gasteiger partial charge is 0.213 e. The Bertz CT molecular complexity index is 572. The largest absolute Gasteiger partial charge is 0.473 e. The first-order valence-corrected chi connectivity index (χ1v) is 7.95. The molecule has 112 valence electrons. The molecule has 0 aliphatic heterocycles. The Balaban J connectivity index is 1.88. The molecule has 0 fully saturated rings. The van der Waals surface area contributed by atoms with Crippen LogP contribution in [0.2, 0.25) is 0 Å². The first-order chi connectivity index (χ1) is 10.1. The Morgan fingerprint density at radius 1 is 1.19 bits per heavy atom. The summed E-state index contributed by atoms with van der Waals surface area (Å²) in [5.41, 5.74) is 2.31. The summed E-state index contributed by atoms with van der Waals surface area (Å²) >= 11 is 3.46. The van der Waals surface area contributed by atoms with Crippen molar-refractivity contribution in [1.82, 2.24) is 10.3 Å². The second-order valence-corrected chi connectivity index (χ2v) is 6.36. The number of nitrogens with one attached hydrogen (secondary N) is 1. The highest BCUT2D eigenvalue weighted by Gasteiger charge is 2.01. The Labute approximate surface area is 134 Å². The molecule has 0 aliphatic rings. The van der Waals surface area contributed by atoms with E-state index in [4.69, 9.17) is 4.74 Å². The number of hydrogen-bond acceptors (Lipinski definition) is 3. The Kier molecular flexibility index (Phi) is 6.21. The fraction of sp³-hybridized carbons (Fsp3) is 0.353. The molecule has 1 aromatic carbocycles. The molecule has 0 aliphatic carbocycles. The van der Waals surface area contributed by atoms with Crippen molar-refractivity contribution in [1.29, 1.82) is 0 Å². The van der Waals surface area contributed by atoms with Gasteiger partial charge in [0.05, 0.1) is 0 Å². The normalized spacial score (nSPS) is 10.9. The van der Waals surface area contributed by atoms with E-state index in [1.54, 1.807) is 6.20 Å². The van der Waals surface area contributed by atoms with Crippen LogP contribution in [0.3, 0.4) is 0 Å². The van der Waals surface area contributed by atoms with E-state index in [0.29, 0.717) is 18.4 Å². The molecule has 0 saturated heterocycles. The van der Waals surface area contributed by atoms with Crippen LogP contribution in [0.1, 0.15) is 25.0 Å². The van der Waals surface area contributed by atoms with Crippen LogP contribution in [0.25, 0.3) is 0 Å². The van der Waals surface area contributed by atoms with E-state index in [2.05, 4.69) is 40.1 Å². The number of halogens is 1. The second kappa shape index (κ2) is 8.15. The van der Waals surface area contributed by atoms with Crippen molar-refractivity contribution < 1.29 is 4.74 Å². The predicted molar refractivity (Wildman–Crippen MR) is 89.3 cm³/mol. The summed E-state index contributed by atoms with van der Waals surface area (Å²) < 4.78 is 6.81. The van der Waals surface area contributed by atoms with Gasteiger partial charge in [-0.3, -0.25) is 0 Å². The van der Waals surface area contributed by atoms with Crippen molar-refractivity contribution in [3.8, 4) is 5.88 Å². The maximum atomic E-state index is 5.76. The van der Waals surface area contributed by atoms with Crippen LogP contribution in [-0.2, 0) is 13.2 Å². The third kappa shape index (κ3) is 5.86. The van der Waals surface area contributed by atoms with Crippen LogP contribution in [0, 0.1) is 5.92 Å². The van der Waals surface area contributed by atoms with Crippen molar-refractivity contribution in [3.63, 3.8) is 0 Å². The summed E-state index contributed by atoms with van der Waals surface area (Å²) in [5.74, 6) is 1.32. The highest BCUT2D eigenvalue weighted by Crippen LogP contribution is 2.15. The Hall–Kier alpha value is -1.39. The third-order valence-electron chi connectivity index (χ3n) is 2.96. The van der Waals surface area contributed by atoms with Gasteiger partial charge in [-0.05, 0) is 41.8 Å². The van der Waals surface area contributed by atoms with Crippen LogP contribution in [-0.4, -0.2) is 11.5 Å². The molecule has 0 saturated carbocycles. The third-order valence-corrected chi connectivity index (χ3v) is 3.45. The van der Waals surface area contributed by atoms with E-state index in [9.17, 15) is 0 Å². The molecule has 0 radical (unpaired) electrons. The number of ether oxygens (including phenoxy) is 1. The number of nitrogens with zero attached hydrogens (tertiary/aromatic N) is 1. The molecule has 1 heterocycles. The second-order valence-electron chi connectivity index (χ2n) is 5.45. The van der Waals surface area contributed by atoms with Gasteiger partial charge < -0.3 is 10.1 Å². The van der Waals surface area contributed by atoms with E-state index < -0.39 is 0 Å². The maximum absolute atomic E-state index is 5.76. The number of hydrogen-bond donors (Lipinski definition) is 1. The number of benzene rings is 1. The minimum atomic E-state index is 0.523. The van der Waals surface area contributed by atoms with Gasteiger partial charge in [0.2, 0.25) is 5.88 Å². The lowest BCUT2D eigenvalue weighted by molar-refractivity contribution is 0.293. The van der Waals surface area contributed by atoms with E-state index in [0.717, 1.165) is 23.1 Å². The summed E-state index contributed by atoms with van der Waals surface area (Å²) in [4.78, 5) is 4.26. The highest BCUT2D eigenvalue weighted by atomic mass is 79.9. The van der Waals surface area contributed by atoms with Crippen molar-refractivity contribution >= 4 is 15.9 Å². The van der Waals surface area contributed by atoms with Crippen LogP contribution in [0.5, 0.6) is 5.88 Å². The lowest BCUT2D eigenvalue weighted by Gasteiger charge is -2.09. The molecule has 0 atom stereocenters. The molecule has 1 aromatic heterocycles. The summed E-state index contributed by atoms with van der Waals surface area (Å²) in [6.45, 7) is 6.78. The van der Waals surface area contributed by atoms with Crippen molar-refractivity contribution in [2.45, 2.75) is 27.0 Å². The first-order valence-electron chi connectivity index (χ1n) is 7.16. The minimum Gasteiger partial charge on any atom is -0.473 e. The summed E-state index contributed by atoms with van der Waals surface area (Å²) in [7, 11) is 0. The topological polar surface area (TPSA) is 34.2 Å². The molecule has 3 nitrogen and oxygen atoms in total. The maximum Gasteiger partial charge on any atom is 0.213 e. The lowest BCUT2D eigenvalue weighted by atomic mass is 10.2. The van der Waals surface area contributed by atoms with Gasteiger partial charge in [-0.25, -0.2) is 4.98 Å². The molecule has 0 unspecified atom stereocenters. The molecule has 4 heteroatoms. The van der Waals surface area contributed by atoms with Crippen LogP contribution < -0.4 is 10.1 Å². The van der Waals surface area contributed by atoms with Crippen molar-refractivity contribution in [3.05, 3.63) is 58.2 Å². The van der Waals surface area contributed by atoms with Crippen molar-refractivity contribution in [2.24, 2.45) is 5.92 Å². The van der Waals surface area contributed by atoms with Gasteiger partial charge in [-0.15, -0.1) is 0 Å². The fourth-order valence-electron chi connectivity index (χ4n) is 1.93. The molecule has 1 N–H and O–H groups in total. The van der Waals surface area contributed by atoms with Crippen molar-refractivity contribution in [2.75, 3.05) is 6.54 Å². The summed E-state index contributed by atoms with van der Waals surface area (Å²) in [6.07, 6.45) is 1.79. The zero-order valence-electron chi connectivity index (χ0n) is 12.5. The molecule has 0 bridgehead atoms. The van der Waals surface area contributed by atoms with E-state index in [1.807, 2.05) is 36.4 Å². The van der Waals surface area contributed by atoms with Crippen LogP contribution >= 0.6 is 15.9 Å². The molecular formula is C17H21BrN2O. The lowest BCUT2D eigenvalue weighted by Crippen LogP contribution is -2.18. The van der Waals surface area contributed by atoms with Gasteiger partial charge in [0.15, 0.2) is 0 Å². The van der Waals surface area contributed by atoms with Gasteiger partial charge in [0, 0.05) is 23.3 Å². The van der Waals surface area contributed by atoms with E-state index in [-0.39, 0.29) is 0 Å². The van der Waals surface area contributed by atoms with E-state index >= 15 is 0 Å². The molecule has 2 rings (SSSR count). The Morgan fingerprint density at radius 2 is 2.05 bits per heavy atom. The first kappa shape index (κ1) is 16.0. The van der Waals surface area contributed by atoms with E-state index in [1.165, 1.54) is 5.56 Å². The SMILES string of the molecule is CC(C)CNCc1ccnc(OCc2cccc(Br)c2)c1. The molecule has 2 aromatic rings. The summed E-state index contributed by atoms with van der Waals surface area (Å²) in [5, 5.41) is 3.42. The van der Waals surface area contributed by atoms with Crippen LogP contribution in [0.4, 0.5) is 0 Å². The fourth-order valence-corrected chi connectivity index (χ4v) is 2.38. The van der Waals surface area contributed by atoms with Crippen LogP contribution in [0.15, 0.2) is 47.1 Å². The monoisotopic (exact) mass is 348 g/mol. The quantitative estimate of drug-likeness (QED) is 0.815. The molecular weight excluding hydrogens is 328 g/mol. The summed E-state index contributed by atoms with van der Waals surface area (Å²) in [6, 6.07) is 12.1. The number of aromatic nitrogens is 1. The van der Waals surface area contributed by atoms with Gasteiger partial charge >= 0.3 is 0 Å². The average molecular weight is 349 g/mol. The standard InChI is InChI=1S/C17H21BrN2O/c1-13(2)10-19-11-14-6-7-20-17(9-14)21-12-15-4-3-5-16(18)8-15/h3-9,13,19H,10-12H2,1-2H3. The Morgan fingerprint density at radius 3 is 2.81 bits per heavy atom. The van der Waals surface area contributed by atoms with Gasteiger partial charge in [0.1, 0.15) is 6.61 Å². The van der Waals surface area contributed by atoms with Gasteiger partial charge in [-0.1, -0.05) is 41.9 Å². The zero-order valence-corrected chi connectivity index (χ0v) is 14.1. The average Bonchev–Trinajstić information content (AvgIpc) is 2.45.